The first-order valence-corrected chi connectivity index (χ1v) is 6.35. The average molecular weight is 251 g/mol. The number of aromatic nitrogens is 2. The highest BCUT2D eigenvalue weighted by molar-refractivity contribution is 7.12. The smallest absolute Gasteiger partial charge is 0.232 e. The molecule has 0 bridgehead atoms. The second kappa shape index (κ2) is 4.23. The van der Waals surface area contributed by atoms with Crippen molar-refractivity contribution in [3.8, 4) is 0 Å². The van der Waals surface area contributed by atoms with Crippen LogP contribution in [0.3, 0.4) is 0 Å². The third-order valence-corrected chi connectivity index (χ3v) is 3.51. The van der Waals surface area contributed by atoms with Gasteiger partial charge in [-0.2, -0.15) is 4.98 Å². The van der Waals surface area contributed by atoms with Crippen molar-refractivity contribution in [2.24, 2.45) is 5.73 Å². The third-order valence-electron chi connectivity index (χ3n) is 2.43. The van der Waals surface area contributed by atoms with Gasteiger partial charge in [-0.05, 0) is 19.1 Å². The summed E-state index contributed by atoms with van der Waals surface area (Å²) in [6.45, 7) is 8.15. The summed E-state index contributed by atoms with van der Waals surface area (Å²) < 4.78 is 5.24. The van der Waals surface area contributed by atoms with Gasteiger partial charge in [-0.3, -0.25) is 0 Å². The lowest BCUT2D eigenvalue weighted by Crippen LogP contribution is -2.14. The van der Waals surface area contributed by atoms with Gasteiger partial charge in [-0.15, -0.1) is 11.3 Å². The van der Waals surface area contributed by atoms with E-state index in [9.17, 15) is 0 Å². The number of rotatable bonds is 2. The van der Waals surface area contributed by atoms with Crippen LogP contribution in [-0.4, -0.2) is 10.1 Å². The highest BCUT2D eigenvalue weighted by atomic mass is 32.1. The fourth-order valence-corrected chi connectivity index (χ4v) is 2.29. The summed E-state index contributed by atoms with van der Waals surface area (Å²) in [5.74, 6) is 1.17. The largest absolute Gasteiger partial charge is 0.339 e. The molecule has 2 rings (SSSR count). The van der Waals surface area contributed by atoms with E-state index < -0.39 is 0 Å². The summed E-state index contributed by atoms with van der Waals surface area (Å²) >= 11 is 1.66. The van der Waals surface area contributed by atoms with Crippen LogP contribution in [0.1, 0.15) is 48.3 Å². The first-order valence-electron chi connectivity index (χ1n) is 5.54. The maximum absolute atomic E-state index is 6.11. The maximum atomic E-state index is 6.11. The van der Waals surface area contributed by atoms with E-state index in [2.05, 4.69) is 17.1 Å². The molecule has 0 aliphatic heterocycles. The number of aryl methyl sites for hydroxylation is 1. The molecule has 0 amide bonds. The molecule has 0 aliphatic rings. The molecule has 0 saturated carbocycles. The fraction of sp³-hybridized carbons (Fsp3) is 0.500. The van der Waals surface area contributed by atoms with Crippen LogP contribution in [0, 0.1) is 6.92 Å². The topological polar surface area (TPSA) is 64.9 Å². The first kappa shape index (κ1) is 12.3. The molecule has 0 radical (unpaired) electrons. The molecular weight excluding hydrogens is 234 g/mol. The van der Waals surface area contributed by atoms with Crippen molar-refractivity contribution in [2.45, 2.75) is 39.2 Å². The van der Waals surface area contributed by atoms with Gasteiger partial charge >= 0.3 is 0 Å². The molecule has 1 unspecified atom stereocenters. The number of thiophene rings is 1. The molecule has 1 atom stereocenters. The third kappa shape index (κ3) is 2.56. The van der Waals surface area contributed by atoms with Crippen LogP contribution in [-0.2, 0) is 5.41 Å². The highest BCUT2D eigenvalue weighted by Crippen LogP contribution is 2.27. The second-order valence-electron chi connectivity index (χ2n) is 5.13. The van der Waals surface area contributed by atoms with Crippen molar-refractivity contribution in [1.82, 2.24) is 10.1 Å². The Bertz CT molecular complexity index is 510. The summed E-state index contributed by atoms with van der Waals surface area (Å²) in [4.78, 5) is 6.66. The number of hydrogen-bond acceptors (Lipinski definition) is 5. The van der Waals surface area contributed by atoms with Gasteiger partial charge in [0.1, 0.15) is 6.04 Å². The normalized spacial score (nSPS) is 13.9. The maximum Gasteiger partial charge on any atom is 0.232 e. The lowest BCUT2D eigenvalue weighted by Gasteiger charge is -2.10. The molecule has 2 aromatic heterocycles. The molecule has 0 fully saturated rings. The Morgan fingerprint density at radius 2 is 2.06 bits per heavy atom. The minimum absolute atomic E-state index is 0.143. The van der Waals surface area contributed by atoms with Gasteiger partial charge in [0.25, 0.3) is 0 Å². The van der Waals surface area contributed by atoms with Crippen LogP contribution in [0.2, 0.25) is 0 Å². The van der Waals surface area contributed by atoms with Crippen LogP contribution < -0.4 is 5.73 Å². The SMILES string of the molecule is Cc1ccc(C(N)c2noc(C(C)(C)C)n2)s1. The standard InChI is InChI=1S/C12H17N3OS/c1-7-5-6-8(17-7)9(13)10-14-11(16-15-10)12(2,3)4/h5-6,9H,13H2,1-4H3. The lowest BCUT2D eigenvalue weighted by molar-refractivity contribution is 0.317. The summed E-state index contributed by atoms with van der Waals surface area (Å²) in [5.41, 5.74) is 5.97. The molecule has 4 nitrogen and oxygen atoms in total. The van der Waals surface area contributed by atoms with Gasteiger partial charge in [0, 0.05) is 15.2 Å². The molecule has 2 heterocycles. The van der Waals surface area contributed by atoms with Crippen molar-refractivity contribution in [3.05, 3.63) is 33.6 Å². The molecule has 92 valence electrons. The van der Waals surface area contributed by atoms with Gasteiger partial charge in [-0.1, -0.05) is 25.9 Å². The minimum Gasteiger partial charge on any atom is -0.339 e. The van der Waals surface area contributed by atoms with Gasteiger partial charge in [-0.25, -0.2) is 0 Å². The van der Waals surface area contributed by atoms with E-state index in [4.69, 9.17) is 10.3 Å². The quantitative estimate of drug-likeness (QED) is 0.891. The number of nitrogens with two attached hydrogens (primary N) is 1. The van der Waals surface area contributed by atoms with E-state index >= 15 is 0 Å². The molecule has 17 heavy (non-hydrogen) atoms. The molecular formula is C12H17N3OS. The summed E-state index contributed by atoms with van der Waals surface area (Å²) in [6, 6.07) is 3.76. The molecule has 2 N–H and O–H groups in total. The predicted molar refractivity (Wildman–Crippen MR) is 68.1 cm³/mol. The predicted octanol–water partition coefficient (Wildman–Crippen LogP) is 2.79. The Morgan fingerprint density at radius 1 is 1.35 bits per heavy atom. The lowest BCUT2D eigenvalue weighted by atomic mass is 9.97. The zero-order valence-electron chi connectivity index (χ0n) is 10.5. The zero-order valence-corrected chi connectivity index (χ0v) is 11.3. The molecule has 0 aromatic carbocycles. The molecule has 2 aromatic rings. The first-order chi connectivity index (χ1) is 7.88. The van der Waals surface area contributed by atoms with Crippen LogP contribution in [0.25, 0.3) is 0 Å². The Morgan fingerprint density at radius 3 is 2.53 bits per heavy atom. The van der Waals surface area contributed by atoms with Crippen molar-refractivity contribution < 1.29 is 4.52 Å². The molecule has 0 aliphatic carbocycles. The fourth-order valence-electron chi connectivity index (χ4n) is 1.41. The minimum atomic E-state index is -0.298. The van der Waals surface area contributed by atoms with Gasteiger partial charge in [0.05, 0.1) is 0 Å². The zero-order chi connectivity index (χ0) is 12.6. The van der Waals surface area contributed by atoms with Gasteiger partial charge in [0.15, 0.2) is 5.82 Å². The Kier molecular flexibility index (Phi) is 3.05. The summed E-state index contributed by atoms with van der Waals surface area (Å²) in [6.07, 6.45) is 0. The summed E-state index contributed by atoms with van der Waals surface area (Å²) in [5, 5.41) is 3.96. The highest BCUT2D eigenvalue weighted by Gasteiger charge is 2.24. The van der Waals surface area contributed by atoms with Gasteiger partial charge < -0.3 is 10.3 Å². The van der Waals surface area contributed by atoms with Crippen molar-refractivity contribution in [1.29, 1.82) is 0 Å². The molecule has 5 heteroatoms. The Hall–Kier alpha value is -1.20. The number of nitrogens with zero attached hydrogens (tertiary/aromatic N) is 2. The van der Waals surface area contributed by atoms with E-state index in [1.165, 1.54) is 4.88 Å². The van der Waals surface area contributed by atoms with Crippen molar-refractivity contribution in [2.75, 3.05) is 0 Å². The van der Waals surface area contributed by atoms with Crippen LogP contribution in [0.5, 0.6) is 0 Å². The molecule has 0 spiro atoms. The second-order valence-corrected chi connectivity index (χ2v) is 6.45. The van der Waals surface area contributed by atoms with E-state index in [0.717, 1.165) is 4.88 Å². The van der Waals surface area contributed by atoms with Gasteiger partial charge in [0.2, 0.25) is 5.89 Å². The van der Waals surface area contributed by atoms with Crippen LogP contribution >= 0.6 is 11.3 Å². The van der Waals surface area contributed by atoms with Crippen molar-refractivity contribution in [3.63, 3.8) is 0 Å². The molecule has 0 saturated heterocycles. The van der Waals surface area contributed by atoms with Crippen molar-refractivity contribution >= 4 is 11.3 Å². The average Bonchev–Trinajstić information content (AvgIpc) is 2.83. The Balaban J connectivity index is 2.26. The van der Waals surface area contributed by atoms with Crippen LogP contribution in [0.4, 0.5) is 0 Å². The van der Waals surface area contributed by atoms with Crippen LogP contribution in [0.15, 0.2) is 16.7 Å². The Labute approximate surface area is 105 Å². The summed E-state index contributed by atoms with van der Waals surface area (Å²) in [7, 11) is 0. The van der Waals surface area contributed by atoms with E-state index in [1.54, 1.807) is 11.3 Å². The van der Waals surface area contributed by atoms with E-state index in [-0.39, 0.29) is 11.5 Å². The van der Waals surface area contributed by atoms with E-state index in [0.29, 0.717) is 11.7 Å². The monoisotopic (exact) mass is 251 g/mol. The number of hydrogen-bond donors (Lipinski definition) is 1. The van der Waals surface area contributed by atoms with E-state index in [1.807, 2.05) is 32.9 Å².